The van der Waals surface area contributed by atoms with E-state index in [9.17, 15) is 5.11 Å². The summed E-state index contributed by atoms with van der Waals surface area (Å²) in [5, 5.41) is 20.1. The first-order chi connectivity index (χ1) is 8.61. The maximum absolute atomic E-state index is 9.85. The van der Waals surface area contributed by atoms with Crippen LogP contribution in [0, 0.1) is 13.8 Å². The highest BCUT2D eigenvalue weighted by molar-refractivity contribution is 5.52. The lowest BCUT2D eigenvalue weighted by Gasteiger charge is -2.09. The molecule has 0 aliphatic carbocycles. The van der Waals surface area contributed by atoms with Gasteiger partial charge in [0, 0.05) is 18.2 Å². The van der Waals surface area contributed by atoms with Crippen LogP contribution in [0.4, 0.5) is 5.69 Å². The van der Waals surface area contributed by atoms with Crippen LogP contribution in [0.15, 0.2) is 18.2 Å². The van der Waals surface area contributed by atoms with Gasteiger partial charge in [0.1, 0.15) is 11.5 Å². The zero-order chi connectivity index (χ0) is 13.1. The summed E-state index contributed by atoms with van der Waals surface area (Å²) in [7, 11) is 1.57. The highest BCUT2D eigenvalue weighted by atomic mass is 16.5. The van der Waals surface area contributed by atoms with Gasteiger partial charge in [-0.3, -0.25) is 5.10 Å². The number of methoxy groups -OCH3 is 1. The van der Waals surface area contributed by atoms with Crippen molar-refractivity contribution < 1.29 is 9.84 Å². The fourth-order valence-corrected chi connectivity index (χ4v) is 1.82. The van der Waals surface area contributed by atoms with Gasteiger partial charge < -0.3 is 15.2 Å². The van der Waals surface area contributed by atoms with E-state index < -0.39 is 0 Å². The molecule has 96 valence electrons. The van der Waals surface area contributed by atoms with Crippen molar-refractivity contribution in [1.29, 1.82) is 0 Å². The van der Waals surface area contributed by atoms with Crippen molar-refractivity contribution in [1.82, 2.24) is 10.2 Å². The molecule has 0 fully saturated rings. The zero-order valence-corrected chi connectivity index (χ0v) is 10.7. The predicted molar refractivity (Wildman–Crippen MR) is 70.0 cm³/mol. The third-order valence-corrected chi connectivity index (χ3v) is 2.88. The van der Waals surface area contributed by atoms with Crippen molar-refractivity contribution in [3.8, 4) is 11.5 Å². The topological polar surface area (TPSA) is 70.2 Å². The number of H-pyrrole nitrogens is 1. The molecule has 2 rings (SSSR count). The molecule has 18 heavy (non-hydrogen) atoms. The molecule has 0 bridgehead atoms. The minimum atomic E-state index is 0.223. The van der Waals surface area contributed by atoms with Crippen molar-refractivity contribution >= 4 is 5.69 Å². The molecule has 5 heteroatoms. The van der Waals surface area contributed by atoms with Crippen LogP contribution in [0.1, 0.15) is 17.0 Å². The molecule has 0 saturated heterocycles. The van der Waals surface area contributed by atoms with Crippen LogP contribution < -0.4 is 10.1 Å². The lowest BCUT2D eigenvalue weighted by molar-refractivity contribution is 0.406. The molecule has 0 aliphatic rings. The molecule has 1 aromatic heterocycles. The van der Waals surface area contributed by atoms with Gasteiger partial charge >= 0.3 is 0 Å². The lowest BCUT2D eigenvalue weighted by Crippen LogP contribution is -2.01. The quantitative estimate of drug-likeness (QED) is 0.775. The van der Waals surface area contributed by atoms with Crippen LogP contribution in [0.5, 0.6) is 11.5 Å². The maximum atomic E-state index is 9.85. The first-order valence-corrected chi connectivity index (χ1v) is 5.73. The minimum Gasteiger partial charge on any atom is -0.507 e. The summed E-state index contributed by atoms with van der Waals surface area (Å²) in [6.07, 6.45) is 0. The Kier molecular flexibility index (Phi) is 3.41. The summed E-state index contributed by atoms with van der Waals surface area (Å²) in [6, 6.07) is 5.27. The molecule has 0 radical (unpaired) electrons. The zero-order valence-electron chi connectivity index (χ0n) is 10.7. The number of anilines is 1. The maximum Gasteiger partial charge on any atom is 0.124 e. The Hall–Kier alpha value is -2.17. The van der Waals surface area contributed by atoms with Crippen molar-refractivity contribution in [2.75, 3.05) is 12.4 Å². The Labute approximate surface area is 106 Å². The summed E-state index contributed by atoms with van der Waals surface area (Å²) in [5.41, 5.74) is 3.70. The number of hydrogen-bond acceptors (Lipinski definition) is 4. The minimum absolute atomic E-state index is 0.223. The molecular formula is C13H17N3O2. The summed E-state index contributed by atoms with van der Waals surface area (Å²) in [4.78, 5) is 0. The molecule has 1 heterocycles. The molecule has 0 atom stereocenters. The van der Waals surface area contributed by atoms with Crippen LogP contribution in [0.2, 0.25) is 0 Å². The smallest absolute Gasteiger partial charge is 0.124 e. The molecule has 1 aromatic carbocycles. The number of rotatable bonds is 4. The number of nitrogens with one attached hydrogen (secondary N) is 2. The van der Waals surface area contributed by atoms with Crippen LogP contribution in [-0.4, -0.2) is 22.4 Å². The first kappa shape index (κ1) is 12.3. The number of phenols is 1. The van der Waals surface area contributed by atoms with Crippen LogP contribution >= 0.6 is 0 Å². The molecule has 0 unspecified atom stereocenters. The number of aromatic nitrogens is 2. The van der Waals surface area contributed by atoms with Crippen molar-refractivity contribution in [2.45, 2.75) is 20.4 Å². The van der Waals surface area contributed by atoms with E-state index in [0.29, 0.717) is 12.3 Å². The van der Waals surface area contributed by atoms with E-state index in [-0.39, 0.29) is 5.75 Å². The van der Waals surface area contributed by atoms with Gasteiger partial charge in [-0.15, -0.1) is 0 Å². The predicted octanol–water partition coefficient (Wildman–Crippen LogP) is 2.35. The van der Waals surface area contributed by atoms with E-state index in [4.69, 9.17) is 4.74 Å². The van der Waals surface area contributed by atoms with Gasteiger partial charge in [0.05, 0.1) is 24.2 Å². The highest BCUT2D eigenvalue weighted by Crippen LogP contribution is 2.25. The van der Waals surface area contributed by atoms with E-state index in [1.807, 2.05) is 26.0 Å². The van der Waals surface area contributed by atoms with Gasteiger partial charge in [-0.1, -0.05) is 0 Å². The number of aromatic hydroxyl groups is 1. The number of ether oxygens (including phenoxy) is 1. The molecule has 0 aliphatic heterocycles. The fourth-order valence-electron chi connectivity index (χ4n) is 1.82. The lowest BCUT2D eigenvalue weighted by atomic mass is 10.2. The SMILES string of the molecule is COc1ccc(CNc2c(C)n[nH]c2C)c(O)c1. The van der Waals surface area contributed by atoms with E-state index in [1.165, 1.54) is 0 Å². The van der Waals surface area contributed by atoms with Crippen LogP contribution in [-0.2, 0) is 6.54 Å². The molecule has 2 aromatic rings. The Morgan fingerprint density at radius 3 is 2.72 bits per heavy atom. The van der Waals surface area contributed by atoms with Gasteiger partial charge in [0.2, 0.25) is 0 Å². The average Bonchev–Trinajstić information content (AvgIpc) is 2.68. The average molecular weight is 247 g/mol. The summed E-state index contributed by atoms with van der Waals surface area (Å²) >= 11 is 0. The summed E-state index contributed by atoms with van der Waals surface area (Å²) < 4.78 is 5.04. The second kappa shape index (κ2) is 5.00. The third-order valence-electron chi connectivity index (χ3n) is 2.88. The van der Waals surface area contributed by atoms with Crippen LogP contribution in [0.3, 0.4) is 0 Å². The van der Waals surface area contributed by atoms with E-state index in [2.05, 4.69) is 15.5 Å². The number of aryl methyl sites for hydroxylation is 2. The van der Waals surface area contributed by atoms with Gasteiger partial charge in [-0.05, 0) is 26.0 Å². The number of aromatic amines is 1. The van der Waals surface area contributed by atoms with Crippen LogP contribution in [0.25, 0.3) is 0 Å². The van der Waals surface area contributed by atoms with Gasteiger partial charge in [-0.2, -0.15) is 5.10 Å². The number of benzene rings is 1. The molecule has 0 spiro atoms. The Balaban J connectivity index is 2.11. The number of hydrogen-bond donors (Lipinski definition) is 3. The van der Waals surface area contributed by atoms with E-state index in [1.54, 1.807) is 13.2 Å². The molecular weight excluding hydrogens is 230 g/mol. The monoisotopic (exact) mass is 247 g/mol. The summed E-state index contributed by atoms with van der Waals surface area (Å²) in [6.45, 7) is 4.42. The van der Waals surface area contributed by atoms with E-state index in [0.717, 1.165) is 22.6 Å². The van der Waals surface area contributed by atoms with Crippen molar-refractivity contribution in [3.05, 3.63) is 35.2 Å². The second-order valence-corrected chi connectivity index (χ2v) is 4.16. The third kappa shape index (κ3) is 2.40. The largest absolute Gasteiger partial charge is 0.507 e. The number of phenolic OH excluding ortho intramolecular Hbond substituents is 1. The van der Waals surface area contributed by atoms with E-state index >= 15 is 0 Å². The molecule has 3 N–H and O–H groups in total. The van der Waals surface area contributed by atoms with Gasteiger partial charge in [0.25, 0.3) is 0 Å². The molecule has 0 saturated carbocycles. The normalized spacial score (nSPS) is 10.4. The Bertz CT molecular complexity index is 530. The van der Waals surface area contributed by atoms with Crippen molar-refractivity contribution in [3.63, 3.8) is 0 Å². The van der Waals surface area contributed by atoms with Gasteiger partial charge in [-0.25, -0.2) is 0 Å². The fraction of sp³-hybridized carbons (Fsp3) is 0.308. The molecule has 5 nitrogen and oxygen atoms in total. The standard InChI is InChI=1S/C13H17N3O2/c1-8-13(9(2)16-15-8)14-7-10-4-5-11(18-3)6-12(10)17/h4-6,14,17H,7H2,1-3H3,(H,15,16). The Morgan fingerprint density at radius 1 is 1.39 bits per heavy atom. The first-order valence-electron chi connectivity index (χ1n) is 5.73. The summed E-state index contributed by atoms with van der Waals surface area (Å²) in [5.74, 6) is 0.868. The van der Waals surface area contributed by atoms with Gasteiger partial charge in [0.15, 0.2) is 0 Å². The molecule has 0 amide bonds. The Morgan fingerprint density at radius 2 is 2.17 bits per heavy atom. The van der Waals surface area contributed by atoms with Crippen molar-refractivity contribution in [2.24, 2.45) is 0 Å². The highest BCUT2D eigenvalue weighted by Gasteiger charge is 2.07. The number of nitrogens with zero attached hydrogens (tertiary/aromatic N) is 1. The second-order valence-electron chi connectivity index (χ2n) is 4.16.